The average Bonchev–Trinajstić information content (AvgIpc) is 2.22. The summed E-state index contributed by atoms with van der Waals surface area (Å²) in [7, 11) is 1.76. The van der Waals surface area contributed by atoms with Crippen LogP contribution < -0.4 is 5.73 Å². The second-order valence-corrected chi connectivity index (χ2v) is 4.61. The maximum absolute atomic E-state index is 5.60. The molecule has 15 heavy (non-hydrogen) atoms. The molecule has 0 radical (unpaired) electrons. The highest BCUT2D eigenvalue weighted by molar-refractivity contribution is 4.64. The molecule has 0 bridgehead atoms. The van der Waals surface area contributed by atoms with E-state index in [0.29, 0.717) is 12.0 Å². The van der Waals surface area contributed by atoms with Crippen molar-refractivity contribution in [1.82, 2.24) is 4.90 Å². The summed E-state index contributed by atoms with van der Waals surface area (Å²) in [4.78, 5) is 2.47. The fraction of sp³-hybridized carbons (Fsp3) is 1.00. The van der Waals surface area contributed by atoms with Crippen LogP contribution in [0.2, 0.25) is 0 Å². The third-order valence-electron chi connectivity index (χ3n) is 2.86. The highest BCUT2D eigenvalue weighted by atomic mass is 16.5. The molecule has 2 N–H and O–H groups in total. The van der Waals surface area contributed by atoms with E-state index in [1.165, 1.54) is 12.8 Å². The Morgan fingerprint density at radius 1 is 1.20 bits per heavy atom. The standard InChI is InChI=1S/C12H28N2O/c1-11(2)14(8-9-15-4)7-5-6-12(3)10-13/h11-12H,5-10,13H2,1-4H3. The van der Waals surface area contributed by atoms with Crippen LogP contribution in [-0.4, -0.2) is 44.3 Å². The second-order valence-electron chi connectivity index (χ2n) is 4.61. The normalized spacial score (nSPS) is 13.8. The molecule has 0 saturated carbocycles. The molecule has 0 amide bonds. The van der Waals surface area contributed by atoms with Crippen LogP contribution in [0, 0.1) is 5.92 Å². The molecule has 0 aliphatic heterocycles. The van der Waals surface area contributed by atoms with Gasteiger partial charge in [-0.1, -0.05) is 6.92 Å². The Labute approximate surface area is 95.0 Å². The Morgan fingerprint density at radius 2 is 1.87 bits per heavy atom. The molecule has 0 heterocycles. The first-order valence-electron chi connectivity index (χ1n) is 6.04. The van der Waals surface area contributed by atoms with Gasteiger partial charge in [-0.05, 0) is 45.7 Å². The van der Waals surface area contributed by atoms with Crippen molar-refractivity contribution in [3.8, 4) is 0 Å². The van der Waals surface area contributed by atoms with Gasteiger partial charge in [-0.25, -0.2) is 0 Å². The predicted octanol–water partition coefficient (Wildman–Crippen LogP) is 1.72. The zero-order valence-corrected chi connectivity index (χ0v) is 10.8. The molecule has 0 fully saturated rings. The summed E-state index contributed by atoms with van der Waals surface area (Å²) < 4.78 is 5.11. The Bertz CT molecular complexity index is 140. The van der Waals surface area contributed by atoms with Crippen LogP contribution in [0.15, 0.2) is 0 Å². The van der Waals surface area contributed by atoms with Gasteiger partial charge >= 0.3 is 0 Å². The van der Waals surface area contributed by atoms with Crippen LogP contribution in [0.3, 0.4) is 0 Å². The van der Waals surface area contributed by atoms with Gasteiger partial charge in [0, 0.05) is 19.7 Å². The van der Waals surface area contributed by atoms with Gasteiger partial charge in [-0.3, -0.25) is 4.90 Å². The number of rotatable bonds is 9. The lowest BCUT2D eigenvalue weighted by Gasteiger charge is -2.26. The molecule has 3 heteroatoms. The molecule has 0 rings (SSSR count). The lowest BCUT2D eigenvalue weighted by Crippen LogP contribution is -2.34. The first-order chi connectivity index (χ1) is 7.11. The van der Waals surface area contributed by atoms with Gasteiger partial charge in [0.05, 0.1) is 6.61 Å². The molecular formula is C12H28N2O. The molecule has 0 aliphatic rings. The van der Waals surface area contributed by atoms with E-state index in [4.69, 9.17) is 10.5 Å². The molecule has 0 spiro atoms. The summed E-state index contributed by atoms with van der Waals surface area (Å²) in [5.74, 6) is 0.654. The lowest BCUT2D eigenvalue weighted by atomic mass is 10.1. The minimum atomic E-state index is 0.605. The molecule has 3 nitrogen and oxygen atoms in total. The monoisotopic (exact) mass is 216 g/mol. The van der Waals surface area contributed by atoms with Crippen LogP contribution in [0.1, 0.15) is 33.6 Å². The highest BCUT2D eigenvalue weighted by Gasteiger charge is 2.09. The fourth-order valence-electron chi connectivity index (χ4n) is 1.60. The van der Waals surface area contributed by atoms with Crippen LogP contribution in [0.25, 0.3) is 0 Å². The summed E-state index contributed by atoms with van der Waals surface area (Å²) in [5, 5.41) is 0. The molecule has 0 aromatic rings. The van der Waals surface area contributed by atoms with Crippen molar-refractivity contribution in [2.45, 2.75) is 39.7 Å². The first-order valence-corrected chi connectivity index (χ1v) is 6.04. The minimum absolute atomic E-state index is 0.605. The minimum Gasteiger partial charge on any atom is -0.383 e. The Hall–Kier alpha value is -0.120. The zero-order chi connectivity index (χ0) is 11.7. The topological polar surface area (TPSA) is 38.5 Å². The number of hydrogen-bond donors (Lipinski definition) is 1. The van der Waals surface area contributed by atoms with Crippen molar-refractivity contribution in [2.75, 3.05) is 33.4 Å². The number of nitrogens with two attached hydrogens (primary N) is 1. The third kappa shape index (κ3) is 7.77. The second kappa shape index (κ2) is 9.13. The quantitative estimate of drug-likeness (QED) is 0.638. The molecule has 0 saturated heterocycles. The smallest absolute Gasteiger partial charge is 0.0589 e. The Morgan fingerprint density at radius 3 is 2.33 bits per heavy atom. The van der Waals surface area contributed by atoms with Crippen LogP contribution >= 0.6 is 0 Å². The third-order valence-corrected chi connectivity index (χ3v) is 2.86. The van der Waals surface area contributed by atoms with E-state index in [9.17, 15) is 0 Å². The van der Waals surface area contributed by atoms with Gasteiger partial charge < -0.3 is 10.5 Å². The van der Waals surface area contributed by atoms with Crippen molar-refractivity contribution in [1.29, 1.82) is 0 Å². The largest absolute Gasteiger partial charge is 0.383 e. The molecule has 1 atom stereocenters. The lowest BCUT2D eigenvalue weighted by molar-refractivity contribution is 0.127. The van der Waals surface area contributed by atoms with Gasteiger partial charge in [0.1, 0.15) is 0 Å². The molecule has 0 aromatic heterocycles. The molecule has 92 valence electrons. The summed E-state index contributed by atoms with van der Waals surface area (Å²) in [5.41, 5.74) is 5.60. The summed E-state index contributed by atoms with van der Waals surface area (Å²) >= 11 is 0. The van der Waals surface area contributed by atoms with E-state index in [1.807, 2.05) is 0 Å². The van der Waals surface area contributed by atoms with Crippen molar-refractivity contribution >= 4 is 0 Å². The zero-order valence-electron chi connectivity index (χ0n) is 10.8. The van der Waals surface area contributed by atoms with E-state index in [1.54, 1.807) is 7.11 Å². The highest BCUT2D eigenvalue weighted by Crippen LogP contribution is 2.06. The summed E-state index contributed by atoms with van der Waals surface area (Å²) in [6.07, 6.45) is 2.47. The van der Waals surface area contributed by atoms with Crippen LogP contribution in [-0.2, 0) is 4.74 Å². The molecular weight excluding hydrogens is 188 g/mol. The van der Waals surface area contributed by atoms with E-state index >= 15 is 0 Å². The number of ether oxygens (including phenoxy) is 1. The van der Waals surface area contributed by atoms with Gasteiger partial charge in [-0.2, -0.15) is 0 Å². The SMILES string of the molecule is COCCN(CCCC(C)CN)C(C)C. The Kier molecular flexibility index (Phi) is 9.06. The van der Waals surface area contributed by atoms with Crippen molar-refractivity contribution in [2.24, 2.45) is 11.7 Å². The van der Waals surface area contributed by atoms with E-state index < -0.39 is 0 Å². The number of hydrogen-bond acceptors (Lipinski definition) is 3. The van der Waals surface area contributed by atoms with E-state index in [0.717, 1.165) is 26.2 Å². The number of methoxy groups -OCH3 is 1. The molecule has 0 aliphatic carbocycles. The van der Waals surface area contributed by atoms with E-state index in [2.05, 4.69) is 25.7 Å². The van der Waals surface area contributed by atoms with Gasteiger partial charge in [0.25, 0.3) is 0 Å². The van der Waals surface area contributed by atoms with Crippen molar-refractivity contribution < 1.29 is 4.74 Å². The summed E-state index contributed by atoms with van der Waals surface area (Å²) in [6.45, 7) is 10.5. The maximum Gasteiger partial charge on any atom is 0.0589 e. The Balaban J connectivity index is 3.66. The van der Waals surface area contributed by atoms with Crippen LogP contribution in [0.5, 0.6) is 0 Å². The molecule has 0 aromatic carbocycles. The predicted molar refractivity (Wildman–Crippen MR) is 66.0 cm³/mol. The first kappa shape index (κ1) is 14.9. The molecule has 1 unspecified atom stereocenters. The van der Waals surface area contributed by atoms with Crippen LogP contribution in [0.4, 0.5) is 0 Å². The number of nitrogens with zero attached hydrogens (tertiary/aromatic N) is 1. The van der Waals surface area contributed by atoms with E-state index in [-0.39, 0.29) is 0 Å². The van der Waals surface area contributed by atoms with Crippen molar-refractivity contribution in [3.05, 3.63) is 0 Å². The average molecular weight is 216 g/mol. The van der Waals surface area contributed by atoms with Gasteiger partial charge in [0.2, 0.25) is 0 Å². The summed E-state index contributed by atoms with van der Waals surface area (Å²) in [6, 6.07) is 0.605. The van der Waals surface area contributed by atoms with Gasteiger partial charge in [0.15, 0.2) is 0 Å². The van der Waals surface area contributed by atoms with Gasteiger partial charge in [-0.15, -0.1) is 0 Å². The fourth-order valence-corrected chi connectivity index (χ4v) is 1.60. The maximum atomic E-state index is 5.60. The van der Waals surface area contributed by atoms with Crippen molar-refractivity contribution in [3.63, 3.8) is 0 Å².